The summed E-state index contributed by atoms with van der Waals surface area (Å²) in [4.78, 5) is 8.30. The molecule has 5 nitrogen and oxygen atoms in total. The summed E-state index contributed by atoms with van der Waals surface area (Å²) in [7, 11) is 2.70. The average Bonchev–Trinajstić information content (AvgIpc) is 2.33. The van der Waals surface area contributed by atoms with Crippen molar-refractivity contribution in [3.05, 3.63) is 4.80 Å². The van der Waals surface area contributed by atoms with Crippen LogP contribution in [0.1, 0.15) is 0 Å². The molecule has 1 aromatic rings. The lowest BCUT2D eigenvalue weighted by Gasteiger charge is -1.93. The van der Waals surface area contributed by atoms with Gasteiger partial charge in [-0.25, -0.2) is 0 Å². The highest BCUT2D eigenvalue weighted by Gasteiger charge is 1.98. The van der Waals surface area contributed by atoms with Crippen LogP contribution in [-0.4, -0.2) is 15.2 Å². The lowest BCUT2D eigenvalue weighted by molar-refractivity contribution is 1.27. The first-order valence-electron chi connectivity index (χ1n) is 2.95. The van der Waals surface area contributed by atoms with E-state index >= 15 is 0 Å². The summed E-state index contributed by atoms with van der Waals surface area (Å²) >= 11 is 9.22. The lowest BCUT2D eigenvalue weighted by atomic mass is 11.0. The third-order valence-corrected chi connectivity index (χ3v) is 2.96. The summed E-state index contributed by atoms with van der Waals surface area (Å²) < 4.78 is 0. The van der Waals surface area contributed by atoms with Gasteiger partial charge in [-0.05, 0) is 45.1 Å². The van der Waals surface area contributed by atoms with Gasteiger partial charge in [-0.3, -0.25) is 0 Å². The summed E-state index contributed by atoms with van der Waals surface area (Å²) in [5, 5.41) is 3.50. The molecular weight excluding hydrogens is 246 g/mol. The maximum atomic E-state index is 5.25. The predicted molar refractivity (Wildman–Crippen MR) is 62.7 cm³/mol. The molecule has 13 heavy (non-hydrogen) atoms. The molecule has 0 fully saturated rings. The molecular formula is C4H5N5S4. The monoisotopic (exact) mass is 251 g/mol. The standard InChI is InChI=1S/C4H5N5S4/c5-1(10)7-3-9-4(13-12-3)8-2(6)11/h(H5,5,6,7,8,9,10,11). The Morgan fingerprint density at radius 2 is 2.08 bits per heavy atom. The molecule has 0 spiro atoms. The van der Waals surface area contributed by atoms with Crippen LogP contribution in [0, 0.1) is 0 Å². The first kappa shape index (κ1) is 10.4. The Labute approximate surface area is 91.9 Å². The molecule has 0 saturated heterocycles. The fraction of sp³-hybridized carbons (Fsp3) is 0. The van der Waals surface area contributed by atoms with E-state index in [0.717, 1.165) is 0 Å². The highest BCUT2D eigenvalue weighted by molar-refractivity contribution is 7.80. The molecule has 0 saturated carbocycles. The Kier molecular flexibility index (Phi) is 3.66. The molecule has 0 bridgehead atoms. The molecule has 0 amide bonds. The number of aromatic nitrogens is 1. The van der Waals surface area contributed by atoms with Gasteiger partial charge >= 0.3 is 0 Å². The van der Waals surface area contributed by atoms with Crippen molar-refractivity contribution >= 4 is 60.5 Å². The molecule has 5 N–H and O–H groups in total. The zero-order valence-electron chi connectivity index (χ0n) is 6.18. The minimum atomic E-state index is 0.0587. The van der Waals surface area contributed by atoms with Gasteiger partial charge < -0.3 is 16.8 Å². The SMILES string of the molecule is NC(=S)N=c1nc(NC(N)=S)ss1. The Bertz CT molecular complexity index is 389. The van der Waals surface area contributed by atoms with Crippen LogP contribution in [0.3, 0.4) is 0 Å². The van der Waals surface area contributed by atoms with E-state index < -0.39 is 0 Å². The third kappa shape index (κ3) is 3.72. The zero-order valence-corrected chi connectivity index (χ0v) is 9.45. The Morgan fingerprint density at radius 1 is 1.38 bits per heavy atom. The van der Waals surface area contributed by atoms with Crippen LogP contribution < -0.4 is 21.6 Å². The minimum absolute atomic E-state index is 0.0587. The molecule has 1 heterocycles. The number of anilines is 1. The normalized spacial score (nSPS) is 11.2. The fourth-order valence-electron chi connectivity index (χ4n) is 0.493. The second-order valence-corrected chi connectivity index (χ2v) is 4.75. The predicted octanol–water partition coefficient (Wildman–Crippen LogP) is 0.00440. The Balaban J connectivity index is 2.86. The molecule has 0 aliphatic carbocycles. The molecule has 0 aliphatic heterocycles. The Hall–Kier alpha value is -0.640. The van der Waals surface area contributed by atoms with E-state index in [0.29, 0.717) is 9.93 Å². The van der Waals surface area contributed by atoms with Gasteiger partial charge in [0, 0.05) is 0 Å². The van der Waals surface area contributed by atoms with Crippen molar-refractivity contribution in [1.82, 2.24) is 4.98 Å². The van der Waals surface area contributed by atoms with E-state index in [2.05, 4.69) is 39.7 Å². The van der Waals surface area contributed by atoms with Crippen LogP contribution in [0.2, 0.25) is 0 Å². The van der Waals surface area contributed by atoms with Crippen LogP contribution in [0.4, 0.5) is 5.13 Å². The van der Waals surface area contributed by atoms with Crippen molar-refractivity contribution in [2.75, 3.05) is 5.32 Å². The summed E-state index contributed by atoms with van der Waals surface area (Å²) in [6.07, 6.45) is 0. The molecule has 0 radical (unpaired) electrons. The van der Waals surface area contributed by atoms with E-state index in [1.54, 1.807) is 0 Å². The number of rotatable bonds is 1. The van der Waals surface area contributed by atoms with Gasteiger partial charge in [-0.1, -0.05) is 0 Å². The van der Waals surface area contributed by atoms with Gasteiger partial charge in [0.05, 0.1) is 0 Å². The topological polar surface area (TPSA) is 89.3 Å². The number of hydrogen-bond acceptors (Lipinski definition) is 5. The van der Waals surface area contributed by atoms with Crippen LogP contribution in [0.5, 0.6) is 0 Å². The van der Waals surface area contributed by atoms with Crippen molar-refractivity contribution in [2.45, 2.75) is 0 Å². The van der Waals surface area contributed by atoms with Crippen molar-refractivity contribution < 1.29 is 0 Å². The van der Waals surface area contributed by atoms with Crippen molar-refractivity contribution in [3.63, 3.8) is 0 Å². The third-order valence-electron chi connectivity index (χ3n) is 0.828. The first-order valence-corrected chi connectivity index (χ1v) is 5.92. The van der Waals surface area contributed by atoms with Gasteiger partial charge in [0.25, 0.3) is 0 Å². The van der Waals surface area contributed by atoms with Crippen molar-refractivity contribution in [2.24, 2.45) is 16.5 Å². The van der Waals surface area contributed by atoms with Gasteiger partial charge in [-0.2, -0.15) is 9.98 Å². The molecule has 0 aromatic carbocycles. The second-order valence-electron chi connectivity index (χ2n) is 1.81. The van der Waals surface area contributed by atoms with Crippen LogP contribution in [0.25, 0.3) is 0 Å². The highest BCUT2D eigenvalue weighted by atomic mass is 32.9. The van der Waals surface area contributed by atoms with Gasteiger partial charge in [-0.15, -0.1) is 0 Å². The summed E-state index contributed by atoms with van der Waals surface area (Å²) in [6.45, 7) is 0. The molecule has 1 rings (SSSR count). The second kappa shape index (κ2) is 4.56. The van der Waals surface area contributed by atoms with E-state index in [4.69, 9.17) is 11.5 Å². The van der Waals surface area contributed by atoms with Crippen LogP contribution >= 0.6 is 45.1 Å². The highest BCUT2D eigenvalue weighted by Crippen LogP contribution is 2.11. The molecule has 0 aliphatic rings. The molecule has 1 aromatic heterocycles. The number of hydrogen-bond donors (Lipinski definition) is 3. The number of nitrogens with two attached hydrogens (primary N) is 2. The molecule has 70 valence electrons. The van der Waals surface area contributed by atoms with Crippen LogP contribution in [-0.2, 0) is 0 Å². The molecule has 9 heteroatoms. The smallest absolute Gasteiger partial charge is 0.224 e. The maximum Gasteiger partial charge on any atom is 0.224 e. The van der Waals surface area contributed by atoms with E-state index in [1.165, 1.54) is 20.7 Å². The van der Waals surface area contributed by atoms with E-state index in [1.807, 2.05) is 0 Å². The fourth-order valence-corrected chi connectivity index (χ4v) is 2.47. The van der Waals surface area contributed by atoms with Gasteiger partial charge in [0.2, 0.25) is 9.93 Å². The average molecular weight is 251 g/mol. The van der Waals surface area contributed by atoms with E-state index in [9.17, 15) is 0 Å². The number of thiocarbonyl (C=S) groups is 2. The lowest BCUT2D eigenvalue weighted by Crippen LogP contribution is -2.19. The molecule has 0 atom stereocenters. The largest absolute Gasteiger partial charge is 0.376 e. The summed E-state index contributed by atoms with van der Waals surface area (Å²) in [5.74, 6) is 0. The van der Waals surface area contributed by atoms with Crippen molar-refractivity contribution in [3.8, 4) is 0 Å². The van der Waals surface area contributed by atoms with Crippen LogP contribution in [0.15, 0.2) is 4.99 Å². The Morgan fingerprint density at radius 3 is 2.62 bits per heavy atom. The number of nitrogens with one attached hydrogen (secondary N) is 1. The van der Waals surface area contributed by atoms with Gasteiger partial charge in [0.1, 0.15) is 0 Å². The van der Waals surface area contributed by atoms with Crippen molar-refractivity contribution in [1.29, 1.82) is 0 Å². The first-order chi connectivity index (χ1) is 6.08. The summed E-state index contributed by atoms with van der Waals surface area (Å²) in [5.41, 5.74) is 10.4. The summed E-state index contributed by atoms with van der Waals surface area (Å²) in [6, 6.07) is 0. The zero-order chi connectivity index (χ0) is 9.84. The quantitative estimate of drug-likeness (QED) is 0.481. The minimum Gasteiger partial charge on any atom is -0.376 e. The maximum absolute atomic E-state index is 5.25. The molecule has 0 unspecified atom stereocenters. The van der Waals surface area contributed by atoms with Gasteiger partial charge in [0.15, 0.2) is 10.2 Å². The number of nitrogens with zero attached hydrogens (tertiary/aromatic N) is 2. The van der Waals surface area contributed by atoms with E-state index in [-0.39, 0.29) is 10.2 Å².